The molecule has 160 valence electrons. The van der Waals surface area contributed by atoms with Gasteiger partial charge >= 0.3 is 0 Å². The van der Waals surface area contributed by atoms with Crippen LogP contribution in [0.2, 0.25) is 5.02 Å². The minimum absolute atomic E-state index is 0.116. The predicted molar refractivity (Wildman–Crippen MR) is 127 cm³/mol. The molecule has 0 radical (unpaired) electrons. The van der Waals surface area contributed by atoms with E-state index in [1.165, 1.54) is 0 Å². The first-order valence-electron chi connectivity index (χ1n) is 10.6. The molecule has 0 saturated heterocycles. The molecule has 0 aliphatic heterocycles. The normalized spacial score (nSPS) is 14.9. The number of para-hydroxylation sites is 1. The molecule has 2 aromatic carbocycles. The van der Waals surface area contributed by atoms with E-state index in [1.807, 2.05) is 60.0 Å². The van der Waals surface area contributed by atoms with Crippen molar-refractivity contribution in [1.82, 2.24) is 5.32 Å². The lowest BCUT2D eigenvalue weighted by molar-refractivity contribution is -0.127. The van der Waals surface area contributed by atoms with Gasteiger partial charge in [0.1, 0.15) is 6.04 Å². The maximum Gasteiger partial charge on any atom is 0.248 e. The highest BCUT2D eigenvalue weighted by Crippen LogP contribution is 2.31. The van der Waals surface area contributed by atoms with E-state index < -0.39 is 6.04 Å². The molecule has 4 nitrogen and oxygen atoms in total. The summed E-state index contributed by atoms with van der Waals surface area (Å²) >= 11 is 7.65. The number of benzene rings is 2. The van der Waals surface area contributed by atoms with Crippen molar-refractivity contribution >= 4 is 40.4 Å². The van der Waals surface area contributed by atoms with Crippen LogP contribution in [0.3, 0.4) is 0 Å². The van der Waals surface area contributed by atoms with Gasteiger partial charge in [-0.3, -0.25) is 14.5 Å². The van der Waals surface area contributed by atoms with Crippen molar-refractivity contribution in [3.8, 4) is 0 Å². The van der Waals surface area contributed by atoms with Crippen LogP contribution in [-0.2, 0) is 16.0 Å². The smallest absolute Gasteiger partial charge is 0.248 e. The molecule has 1 aliphatic carbocycles. The quantitative estimate of drug-likeness (QED) is 0.494. The molecule has 1 fully saturated rings. The SMILES string of the molecule is O=C(NC1CCCC1)[C@@H](c1ccc(Cl)cc1)N(C(=O)Cc1cccs1)c1ccccc1. The minimum Gasteiger partial charge on any atom is -0.351 e. The monoisotopic (exact) mass is 452 g/mol. The molecular weight excluding hydrogens is 428 g/mol. The van der Waals surface area contributed by atoms with Crippen LogP contribution in [-0.4, -0.2) is 17.9 Å². The van der Waals surface area contributed by atoms with Gasteiger partial charge in [0.25, 0.3) is 0 Å². The van der Waals surface area contributed by atoms with E-state index in [9.17, 15) is 9.59 Å². The van der Waals surface area contributed by atoms with Gasteiger partial charge in [0, 0.05) is 21.6 Å². The van der Waals surface area contributed by atoms with E-state index in [0.717, 1.165) is 36.1 Å². The fraction of sp³-hybridized carbons (Fsp3) is 0.280. The molecule has 2 amide bonds. The summed E-state index contributed by atoms with van der Waals surface area (Å²) in [4.78, 5) is 29.7. The number of anilines is 1. The summed E-state index contributed by atoms with van der Waals surface area (Å²) in [6.45, 7) is 0. The lowest BCUT2D eigenvalue weighted by Crippen LogP contribution is -2.46. The molecule has 1 atom stereocenters. The van der Waals surface area contributed by atoms with Crippen molar-refractivity contribution < 1.29 is 9.59 Å². The van der Waals surface area contributed by atoms with Gasteiger partial charge in [0.15, 0.2) is 0 Å². The van der Waals surface area contributed by atoms with Gasteiger partial charge in [-0.1, -0.05) is 60.8 Å². The Labute approximate surface area is 191 Å². The summed E-state index contributed by atoms with van der Waals surface area (Å²) in [5, 5.41) is 5.74. The lowest BCUT2D eigenvalue weighted by atomic mass is 10.0. The molecule has 1 aromatic heterocycles. The summed E-state index contributed by atoms with van der Waals surface area (Å²) in [6.07, 6.45) is 4.45. The second-order valence-electron chi connectivity index (χ2n) is 7.80. The number of nitrogens with one attached hydrogen (secondary N) is 1. The highest BCUT2D eigenvalue weighted by atomic mass is 35.5. The van der Waals surface area contributed by atoms with Gasteiger partial charge in [-0.15, -0.1) is 11.3 Å². The lowest BCUT2D eigenvalue weighted by Gasteiger charge is -2.32. The maximum absolute atomic E-state index is 13.6. The minimum atomic E-state index is -0.771. The van der Waals surface area contributed by atoms with Crippen LogP contribution in [0, 0.1) is 0 Å². The van der Waals surface area contributed by atoms with Crippen LogP contribution >= 0.6 is 22.9 Å². The third kappa shape index (κ3) is 5.35. The average molecular weight is 453 g/mol. The fourth-order valence-corrected chi connectivity index (χ4v) is 4.91. The van der Waals surface area contributed by atoms with E-state index in [-0.39, 0.29) is 24.3 Å². The number of hydrogen-bond acceptors (Lipinski definition) is 3. The Morgan fingerprint density at radius 2 is 1.71 bits per heavy atom. The first-order chi connectivity index (χ1) is 15.1. The van der Waals surface area contributed by atoms with Crippen molar-refractivity contribution in [3.63, 3.8) is 0 Å². The van der Waals surface area contributed by atoms with E-state index in [4.69, 9.17) is 11.6 Å². The van der Waals surface area contributed by atoms with E-state index in [1.54, 1.807) is 28.4 Å². The van der Waals surface area contributed by atoms with Gasteiger partial charge in [0.05, 0.1) is 6.42 Å². The van der Waals surface area contributed by atoms with Crippen LogP contribution in [0.15, 0.2) is 72.1 Å². The molecule has 6 heteroatoms. The number of carbonyl (C=O) groups excluding carboxylic acids is 2. The number of amides is 2. The number of thiophene rings is 1. The fourth-order valence-electron chi connectivity index (χ4n) is 4.09. The molecule has 0 unspecified atom stereocenters. The summed E-state index contributed by atoms with van der Waals surface area (Å²) in [5.74, 6) is -0.271. The number of carbonyl (C=O) groups is 2. The molecular formula is C25H25ClN2O2S. The van der Waals surface area contributed by atoms with Crippen LogP contribution in [0.5, 0.6) is 0 Å². The molecule has 4 rings (SSSR count). The Bertz CT molecular complexity index is 1000. The Balaban J connectivity index is 1.73. The van der Waals surface area contributed by atoms with Crippen molar-refractivity contribution in [2.24, 2.45) is 0 Å². The highest BCUT2D eigenvalue weighted by molar-refractivity contribution is 7.10. The number of nitrogens with zero attached hydrogens (tertiary/aromatic N) is 1. The molecule has 1 N–H and O–H groups in total. The molecule has 3 aromatic rings. The van der Waals surface area contributed by atoms with Gasteiger partial charge < -0.3 is 5.32 Å². The van der Waals surface area contributed by atoms with Gasteiger partial charge in [-0.25, -0.2) is 0 Å². The van der Waals surface area contributed by atoms with Crippen molar-refractivity contribution in [1.29, 1.82) is 0 Å². The number of rotatable bonds is 7. The maximum atomic E-state index is 13.6. The van der Waals surface area contributed by atoms with Crippen LogP contribution in [0.25, 0.3) is 0 Å². The topological polar surface area (TPSA) is 49.4 Å². The Kier molecular flexibility index (Phi) is 7.05. The summed E-state index contributed by atoms with van der Waals surface area (Å²) in [7, 11) is 0. The van der Waals surface area contributed by atoms with Crippen molar-refractivity contribution in [2.75, 3.05) is 4.90 Å². The Morgan fingerprint density at radius 3 is 2.35 bits per heavy atom. The van der Waals surface area contributed by atoms with Crippen LogP contribution in [0.4, 0.5) is 5.69 Å². The molecule has 0 bridgehead atoms. The van der Waals surface area contributed by atoms with Crippen LogP contribution < -0.4 is 10.2 Å². The van der Waals surface area contributed by atoms with E-state index in [2.05, 4.69) is 5.32 Å². The van der Waals surface area contributed by atoms with Gasteiger partial charge in [-0.2, -0.15) is 0 Å². The van der Waals surface area contributed by atoms with Gasteiger partial charge in [-0.05, 0) is 54.1 Å². The van der Waals surface area contributed by atoms with Gasteiger partial charge in [0.2, 0.25) is 11.8 Å². The largest absolute Gasteiger partial charge is 0.351 e. The third-order valence-corrected chi connectivity index (χ3v) is 6.73. The average Bonchev–Trinajstić information content (AvgIpc) is 3.47. The van der Waals surface area contributed by atoms with Crippen molar-refractivity contribution in [3.05, 3.63) is 87.6 Å². The summed E-state index contributed by atoms with van der Waals surface area (Å²) in [5.41, 5.74) is 1.44. The third-order valence-electron chi connectivity index (χ3n) is 5.60. The Hall–Kier alpha value is -2.63. The Morgan fingerprint density at radius 1 is 1.00 bits per heavy atom. The highest BCUT2D eigenvalue weighted by Gasteiger charge is 2.34. The second kappa shape index (κ2) is 10.1. The summed E-state index contributed by atoms with van der Waals surface area (Å²) in [6, 6.07) is 19.9. The summed E-state index contributed by atoms with van der Waals surface area (Å²) < 4.78 is 0. The van der Waals surface area contributed by atoms with E-state index in [0.29, 0.717) is 10.7 Å². The molecule has 1 saturated carbocycles. The zero-order valence-corrected chi connectivity index (χ0v) is 18.7. The second-order valence-corrected chi connectivity index (χ2v) is 9.27. The number of halogens is 1. The number of hydrogen-bond donors (Lipinski definition) is 1. The first-order valence-corrected chi connectivity index (χ1v) is 11.8. The molecule has 31 heavy (non-hydrogen) atoms. The zero-order chi connectivity index (χ0) is 21.6. The van der Waals surface area contributed by atoms with Crippen LogP contribution in [0.1, 0.15) is 42.2 Å². The molecule has 1 heterocycles. The molecule has 1 aliphatic rings. The zero-order valence-electron chi connectivity index (χ0n) is 17.2. The van der Waals surface area contributed by atoms with Crippen molar-refractivity contribution in [2.45, 2.75) is 44.2 Å². The molecule has 0 spiro atoms. The van der Waals surface area contributed by atoms with E-state index >= 15 is 0 Å². The first kappa shape index (κ1) is 21.6. The standard InChI is InChI=1S/C25H25ClN2O2S/c26-19-14-12-18(13-15-19)24(25(30)27-20-7-4-5-8-20)28(21-9-2-1-3-10-21)23(29)17-22-11-6-16-31-22/h1-3,6,9-16,20,24H,4-5,7-8,17H2,(H,27,30)/t24-/m1/s1. The predicted octanol–water partition coefficient (Wildman–Crippen LogP) is 5.78.